The molecule has 0 aliphatic rings. The van der Waals surface area contributed by atoms with Crippen LogP contribution in [-0.4, -0.2) is 75.2 Å². The third-order valence-corrected chi connectivity index (χ3v) is 3.01. The van der Waals surface area contributed by atoms with E-state index in [1.807, 2.05) is 0 Å². The molecule has 0 aromatic heterocycles. The van der Waals surface area contributed by atoms with Gasteiger partial charge in [0.15, 0.2) is 0 Å². The lowest BCUT2D eigenvalue weighted by Crippen LogP contribution is -2.37. The van der Waals surface area contributed by atoms with Crippen LogP contribution in [0, 0.1) is 0 Å². The Balaban J connectivity index is 0. The number of quaternary nitrogens is 1. The van der Waals surface area contributed by atoms with E-state index < -0.39 is 20.1 Å². The molecule has 9 heteroatoms. The lowest BCUT2D eigenvalue weighted by Gasteiger charge is -2.23. The first-order valence-electron chi connectivity index (χ1n) is 5.27. The van der Waals surface area contributed by atoms with Crippen molar-refractivity contribution in [2.75, 3.05) is 53.9 Å². The van der Waals surface area contributed by atoms with Crippen LogP contribution >= 0.6 is 0 Å². The Kier molecular flexibility index (Phi) is 8.99. The topological polar surface area (TPSA) is 89.5 Å². The summed E-state index contributed by atoms with van der Waals surface area (Å²) in [6.45, 7) is 1.51. The molecule has 0 radical (unpaired) electrons. The van der Waals surface area contributed by atoms with Gasteiger partial charge in [0.05, 0.1) is 47.3 Å². The summed E-state index contributed by atoms with van der Waals surface area (Å²) < 4.78 is 48.1. The monoisotopic (exact) mass is 305 g/mol. The third-order valence-electron chi connectivity index (χ3n) is 1.67. The molecule has 0 fully saturated rings. The molecule has 0 rings (SSSR count). The van der Waals surface area contributed by atoms with Crippen molar-refractivity contribution in [3.63, 3.8) is 0 Å². The number of rotatable bonds is 6. The highest BCUT2D eigenvalue weighted by Crippen LogP contribution is 1.92. The fourth-order valence-corrected chi connectivity index (χ4v) is 1.33. The van der Waals surface area contributed by atoms with Crippen LogP contribution in [0.3, 0.4) is 0 Å². The van der Waals surface area contributed by atoms with E-state index in [9.17, 15) is 16.8 Å². The maximum absolute atomic E-state index is 10.6. The van der Waals surface area contributed by atoms with Gasteiger partial charge in [0, 0.05) is 13.0 Å². The summed E-state index contributed by atoms with van der Waals surface area (Å²) in [6.07, 6.45) is 3.04. The average molecular weight is 305 g/mol. The first-order chi connectivity index (χ1) is 7.77. The van der Waals surface area contributed by atoms with Crippen LogP contribution < -0.4 is 4.72 Å². The number of hydrogen-bond donors (Lipinski definition) is 1. The highest BCUT2D eigenvalue weighted by molar-refractivity contribution is 7.88. The Morgan fingerprint density at radius 1 is 1.06 bits per heavy atom. The van der Waals surface area contributed by atoms with Crippen LogP contribution in [0.2, 0.25) is 0 Å². The molecule has 0 aromatic carbocycles. The zero-order valence-electron chi connectivity index (χ0n) is 11.9. The predicted molar refractivity (Wildman–Crippen MR) is 72.2 cm³/mol. The van der Waals surface area contributed by atoms with E-state index in [0.717, 1.165) is 30.8 Å². The molecular weight excluding hydrogens is 280 g/mol. The number of hydrogen-bond acceptors (Lipinski definition) is 5. The van der Waals surface area contributed by atoms with Crippen LogP contribution in [-0.2, 0) is 24.3 Å². The molecule has 0 amide bonds. The largest absolute Gasteiger partial charge is 0.331 e. The Morgan fingerprint density at radius 3 is 1.67 bits per heavy atom. The van der Waals surface area contributed by atoms with Crippen molar-refractivity contribution in [2.24, 2.45) is 0 Å². The van der Waals surface area contributed by atoms with Gasteiger partial charge in [-0.25, -0.2) is 13.1 Å². The Morgan fingerprint density at radius 2 is 1.44 bits per heavy atom. The minimum Gasteiger partial charge on any atom is -0.331 e. The summed E-state index contributed by atoms with van der Waals surface area (Å²) in [7, 11) is 1.21. The van der Waals surface area contributed by atoms with Crippen molar-refractivity contribution in [1.29, 1.82) is 0 Å². The molecule has 0 aliphatic heterocycles. The van der Waals surface area contributed by atoms with Gasteiger partial charge in [-0.15, -0.1) is 0 Å². The van der Waals surface area contributed by atoms with Crippen molar-refractivity contribution >= 4 is 20.1 Å². The lowest BCUT2D eigenvalue weighted by atomic mass is 10.4. The van der Waals surface area contributed by atoms with Gasteiger partial charge in [0.2, 0.25) is 10.0 Å². The minimum absolute atomic E-state index is 0.536. The zero-order chi connectivity index (χ0) is 15.0. The number of sulfonamides is 1. The van der Waals surface area contributed by atoms with E-state index in [2.05, 4.69) is 30.0 Å². The van der Waals surface area contributed by atoms with Gasteiger partial charge in [-0.2, -0.15) is 8.42 Å². The molecule has 0 saturated carbocycles. The van der Waals surface area contributed by atoms with Crippen molar-refractivity contribution < 1.29 is 25.5 Å². The van der Waals surface area contributed by atoms with Crippen LogP contribution in [0.25, 0.3) is 0 Å². The molecule has 0 unspecified atom stereocenters. The molecule has 0 spiro atoms. The van der Waals surface area contributed by atoms with Crippen LogP contribution in [0.5, 0.6) is 0 Å². The summed E-state index contributed by atoms with van der Waals surface area (Å²) >= 11 is 0. The van der Waals surface area contributed by atoms with E-state index in [1.54, 1.807) is 0 Å². The highest BCUT2D eigenvalue weighted by atomic mass is 32.2. The molecule has 7 nitrogen and oxygen atoms in total. The van der Waals surface area contributed by atoms with Crippen molar-refractivity contribution in [2.45, 2.75) is 6.42 Å². The van der Waals surface area contributed by atoms with E-state index >= 15 is 0 Å². The molecule has 0 atom stereocenters. The van der Waals surface area contributed by atoms with Crippen molar-refractivity contribution in [3.05, 3.63) is 0 Å². The Hall–Kier alpha value is -0.220. The molecule has 0 aromatic rings. The maximum Gasteiger partial charge on any atom is 0.264 e. The predicted octanol–water partition coefficient (Wildman–Crippen LogP) is -0.776. The zero-order valence-corrected chi connectivity index (χ0v) is 13.6. The summed E-state index contributed by atoms with van der Waals surface area (Å²) in [6, 6.07) is 0. The SMILES string of the molecule is COS(C)(=O)=O.C[N+](C)(C)CCCNS(C)(=O)=O. The third kappa shape index (κ3) is 24.8. The fraction of sp³-hybridized carbons (Fsp3) is 1.00. The smallest absolute Gasteiger partial charge is 0.264 e. The fourth-order valence-electron chi connectivity index (χ4n) is 0.811. The first-order valence-corrected chi connectivity index (χ1v) is 8.98. The molecule has 0 saturated heterocycles. The van der Waals surface area contributed by atoms with E-state index in [0.29, 0.717) is 6.54 Å². The van der Waals surface area contributed by atoms with E-state index in [1.165, 1.54) is 6.26 Å². The van der Waals surface area contributed by atoms with Gasteiger partial charge in [0.25, 0.3) is 10.1 Å². The summed E-state index contributed by atoms with van der Waals surface area (Å²) in [5.74, 6) is 0. The maximum atomic E-state index is 10.6. The quantitative estimate of drug-likeness (QED) is 0.395. The van der Waals surface area contributed by atoms with Gasteiger partial charge in [-0.3, -0.25) is 4.18 Å². The summed E-state index contributed by atoms with van der Waals surface area (Å²) in [5, 5.41) is 0. The van der Waals surface area contributed by atoms with Crippen LogP contribution in [0.4, 0.5) is 0 Å². The molecule has 0 bridgehead atoms. The van der Waals surface area contributed by atoms with Gasteiger partial charge in [0.1, 0.15) is 0 Å². The van der Waals surface area contributed by atoms with E-state index in [4.69, 9.17) is 0 Å². The second-order valence-electron chi connectivity index (χ2n) is 4.90. The van der Waals surface area contributed by atoms with Crippen LogP contribution in [0.15, 0.2) is 0 Å². The standard InChI is InChI=1S/C7H19N2O2S.C2H6O3S/c1-9(2,3)7-5-6-8-12(4,10)11;1-5-6(2,3)4/h8H,5-7H2,1-4H3;1-2H3/q+1;. The number of nitrogens with zero attached hydrogens (tertiary/aromatic N) is 1. The summed E-state index contributed by atoms with van der Waals surface area (Å²) in [5.41, 5.74) is 0. The molecule has 112 valence electrons. The minimum atomic E-state index is -3.16. The molecular formula is C9H25N2O5S2+. The lowest BCUT2D eigenvalue weighted by molar-refractivity contribution is -0.870. The van der Waals surface area contributed by atoms with Crippen LogP contribution in [0.1, 0.15) is 6.42 Å². The summed E-state index contributed by atoms with van der Waals surface area (Å²) in [4.78, 5) is 0. The first kappa shape index (κ1) is 20.1. The Labute approximate surface area is 111 Å². The number of nitrogens with one attached hydrogen (secondary N) is 1. The van der Waals surface area contributed by atoms with E-state index in [-0.39, 0.29) is 0 Å². The van der Waals surface area contributed by atoms with Gasteiger partial charge < -0.3 is 4.48 Å². The van der Waals surface area contributed by atoms with Gasteiger partial charge in [-0.05, 0) is 0 Å². The van der Waals surface area contributed by atoms with Gasteiger partial charge in [-0.1, -0.05) is 0 Å². The molecule has 0 aliphatic carbocycles. The highest BCUT2D eigenvalue weighted by Gasteiger charge is 2.06. The molecule has 1 N–H and O–H groups in total. The Bertz CT molecular complexity index is 409. The normalized spacial score (nSPS) is 12.8. The van der Waals surface area contributed by atoms with Gasteiger partial charge >= 0.3 is 0 Å². The average Bonchev–Trinajstić information content (AvgIpc) is 2.09. The second kappa shape index (κ2) is 8.05. The second-order valence-corrected chi connectivity index (χ2v) is 8.48. The van der Waals surface area contributed by atoms with Crippen molar-refractivity contribution in [3.8, 4) is 0 Å². The molecule has 0 heterocycles. The molecule has 18 heavy (non-hydrogen) atoms. The van der Waals surface area contributed by atoms with Crippen molar-refractivity contribution in [1.82, 2.24) is 4.72 Å².